The van der Waals surface area contributed by atoms with Crippen molar-refractivity contribution in [1.29, 1.82) is 0 Å². The molecule has 4 rings (SSSR count). The standard InChI is InChI=1S/C25H22N2O5/c1-25(15-17-8-5-6-13-21(17)23(29)32-25)24(30)27-19-11-7-12-20(14-19)31-16-22(28)26-18-9-3-2-4-10-18/h2-14H,15-16H2,1H3,(H,26,28)(H,27,30). The molecule has 1 heterocycles. The van der Waals surface area contributed by atoms with Crippen molar-refractivity contribution in [3.63, 3.8) is 0 Å². The maximum atomic E-state index is 12.9. The van der Waals surface area contributed by atoms with Gasteiger partial charge in [0.15, 0.2) is 12.2 Å². The number of hydrogen-bond acceptors (Lipinski definition) is 5. The van der Waals surface area contributed by atoms with Gasteiger partial charge in [-0.25, -0.2) is 4.79 Å². The summed E-state index contributed by atoms with van der Waals surface area (Å²) in [4.78, 5) is 37.3. The first-order valence-electron chi connectivity index (χ1n) is 10.1. The number of carbonyl (C=O) groups excluding carboxylic acids is 3. The van der Waals surface area contributed by atoms with Crippen LogP contribution in [0.5, 0.6) is 5.75 Å². The highest BCUT2D eigenvalue weighted by atomic mass is 16.6. The second-order valence-electron chi connectivity index (χ2n) is 7.64. The highest BCUT2D eigenvalue weighted by Crippen LogP contribution is 2.29. The summed E-state index contributed by atoms with van der Waals surface area (Å²) in [5.41, 5.74) is 1.05. The van der Waals surface area contributed by atoms with Gasteiger partial charge in [0.05, 0.1) is 5.56 Å². The Balaban J connectivity index is 1.38. The summed E-state index contributed by atoms with van der Waals surface area (Å²) in [5, 5.41) is 5.51. The normalized spacial score (nSPS) is 17.0. The van der Waals surface area contributed by atoms with E-state index in [9.17, 15) is 14.4 Å². The van der Waals surface area contributed by atoms with Gasteiger partial charge in [-0.15, -0.1) is 0 Å². The predicted octanol–water partition coefficient (Wildman–Crippen LogP) is 3.81. The van der Waals surface area contributed by atoms with Crippen molar-refractivity contribution in [2.45, 2.75) is 18.9 Å². The van der Waals surface area contributed by atoms with Crippen LogP contribution in [0.2, 0.25) is 0 Å². The second-order valence-corrected chi connectivity index (χ2v) is 7.64. The minimum absolute atomic E-state index is 0.182. The number of carbonyl (C=O) groups is 3. The van der Waals surface area contributed by atoms with Crippen LogP contribution in [0.25, 0.3) is 0 Å². The van der Waals surface area contributed by atoms with Crippen molar-refractivity contribution in [2.75, 3.05) is 17.2 Å². The summed E-state index contributed by atoms with van der Waals surface area (Å²) >= 11 is 0. The van der Waals surface area contributed by atoms with Gasteiger partial charge in [0.1, 0.15) is 5.75 Å². The van der Waals surface area contributed by atoms with E-state index in [1.807, 2.05) is 30.3 Å². The second kappa shape index (κ2) is 8.93. The van der Waals surface area contributed by atoms with E-state index in [-0.39, 0.29) is 18.9 Å². The molecule has 0 aliphatic carbocycles. The Kier molecular flexibility index (Phi) is 5.89. The van der Waals surface area contributed by atoms with Gasteiger partial charge in [-0.1, -0.05) is 42.5 Å². The molecule has 0 radical (unpaired) electrons. The van der Waals surface area contributed by atoms with Crippen LogP contribution in [0.15, 0.2) is 78.9 Å². The van der Waals surface area contributed by atoms with Crippen molar-refractivity contribution >= 4 is 29.2 Å². The van der Waals surface area contributed by atoms with Crippen molar-refractivity contribution in [2.24, 2.45) is 0 Å². The SMILES string of the molecule is CC1(C(=O)Nc2cccc(OCC(=O)Nc3ccccc3)c2)Cc2ccccc2C(=O)O1. The Morgan fingerprint density at radius 1 is 0.938 bits per heavy atom. The number of para-hydroxylation sites is 1. The molecule has 1 unspecified atom stereocenters. The molecule has 0 saturated heterocycles. The molecule has 2 N–H and O–H groups in total. The van der Waals surface area contributed by atoms with Crippen LogP contribution in [0, 0.1) is 0 Å². The zero-order chi connectivity index (χ0) is 22.6. The number of hydrogen-bond donors (Lipinski definition) is 2. The molecular formula is C25H22N2O5. The van der Waals surface area contributed by atoms with Crippen molar-refractivity contribution in [3.8, 4) is 5.75 Å². The Hall–Kier alpha value is -4.13. The monoisotopic (exact) mass is 430 g/mol. The average molecular weight is 430 g/mol. The third-order valence-corrected chi connectivity index (χ3v) is 5.08. The van der Waals surface area contributed by atoms with Crippen LogP contribution in [0.4, 0.5) is 11.4 Å². The topological polar surface area (TPSA) is 93.7 Å². The maximum absolute atomic E-state index is 12.9. The van der Waals surface area contributed by atoms with E-state index in [2.05, 4.69) is 10.6 Å². The highest BCUT2D eigenvalue weighted by Gasteiger charge is 2.42. The lowest BCUT2D eigenvalue weighted by atomic mass is 9.89. The van der Waals surface area contributed by atoms with Gasteiger partial charge in [-0.3, -0.25) is 9.59 Å². The van der Waals surface area contributed by atoms with Gasteiger partial charge in [0.25, 0.3) is 11.8 Å². The summed E-state index contributed by atoms with van der Waals surface area (Å²) in [6, 6.07) is 22.8. The van der Waals surface area contributed by atoms with Gasteiger partial charge in [0, 0.05) is 23.9 Å². The minimum Gasteiger partial charge on any atom is -0.484 e. The zero-order valence-electron chi connectivity index (χ0n) is 17.5. The third kappa shape index (κ3) is 4.78. The Morgan fingerprint density at radius 3 is 2.47 bits per heavy atom. The first-order chi connectivity index (χ1) is 15.4. The van der Waals surface area contributed by atoms with E-state index in [0.717, 1.165) is 5.56 Å². The van der Waals surface area contributed by atoms with Crippen LogP contribution >= 0.6 is 0 Å². The number of esters is 1. The first-order valence-corrected chi connectivity index (χ1v) is 10.1. The van der Waals surface area contributed by atoms with Gasteiger partial charge in [0.2, 0.25) is 0 Å². The Bertz CT molecular complexity index is 1160. The Morgan fingerprint density at radius 2 is 1.66 bits per heavy atom. The van der Waals surface area contributed by atoms with Crippen LogP contribution in [0.3, 0.4) is 0 Å². The summed E-state index contributed by atoms with van der Waals surface area (Å²) < 4.78 is 11.0. The molecule has 7 nitrogen and oxygen atoms in total. The number of cyclic esters (lactones) is 1. The van der Waals surface area contributed by atoms with Crippen LogP contribution < -0.4 is 15.4 Å². The average Bonchev–Trinajstić information content (AvgIpc) is 2.78. The summed E-state index contributed by atoms with van der Waals surface area (Å²) in [6.45, 7) is 1.41. The summed E-state index contributed by atoms with van der Waals surface area (Å²) in [5.74, 6) is -0.849. The molecule has 1 aliphatic rings. The van der Waals surface area contributed by atoms with Crippen molar-refractivity contribution < 1.29 is 23.9 Å². The molecule has 0 spiro atoms. The number of benzene rings is 3. The largest absolute Gasteiger partial charge is 0.484 e. The number of nitrogens with one attached hydrogen (secondary N) is 2. The smallest absolute Gasteiger partial charge is 0.339 e. The number of fused-ring (bicyclic) bond motifs is 1. The Labute approximate surface area is 185 Å². The van der Waals surface area contributed by atoms with E-state index in [1.54, 1.807) is 55.5 Å². The van der Waals surface area contributed by atoms with Crippen LogP contribution in [0.1, 0.15) is 22.8 Å². The lowest BCUT2D eigenvalue weighted by Gasteiger charge is -2.33. The lowest BCUT2D eigenvalue weighted by Crippen LogP contribution is -2.48. The molecule has 0 saturated carbocycles. The quantitative estimate of drug-likeness (QED) is 0.580. The number of ether oxygens (including phenoxy) is 2. The van der Waals surface area contributed by atoms with Crippen molar-refractivity contribution in [1.82, 2.24) is 0 Å². The van der Waals surface area contributed by atoms with E-state index in [1.165, 1.54) is 0 Å². The zero-order valence-corrected chi connectivity index (χ0v) is 17.5. The molecule has 2 amide bonds. The van der Waals surface area contributed by atoms with Gasteiger partial charge in [-0.05, 0) is 42.8 Å². The molecule has 0 bridgehead atoms. The fraction of sp³-hybridized carbons (Fsp3) is 0.160. The van der Waals surface area contributed by atoms with E-state index < -0.39 is 17.5 Å². The molecule has 32 heavy (non-hydrogen) atoms. The molecule has 162 valence electrons. The summed E-state index contributed by atoms with van der Waals surface area (Å²) in [6.07, 6.45) is 0.274. The van der Waals surface area contributed by atoms with Gasteiger partial charge < -0.3 is 20.1 Å². The van der Waals surface area contributed by atoms with Crippen LogP contribution in [-0.2, 0) is 20.7 Å². The molecule has 7 heteroatoms. The third-order valence-electron chi connectivity index (χ3n) is 5.08. The molecule has 3 aromatic rings. The lowest BCUT2D eigenvalue weighted by molar-refractivity contribution is -0.134. The molecule has 1 aliphatic heterocycles. The molecule has 0 aromatic heterocycles. The predicted molar refractivity (Wildman–Crippen MR) is 120 cm³/mol. The number of amides is 2. The van der Waals surface area contributed by atoms with Gasteiger partial charge >= 0.3 is 5.97 Å². The molecule has 3 aromatic carbocycles. The van der Waals surface area contributed by atoms with Gasteiger partial charge in [-0.2, -0.15) is 0 Å². The minimum atomic E-state index is -1.34. The van der Waals surface area contributed by atoms with E-state index in [4.69, 9.17) is 9.47 Å². The van der Waals surface area contributed by atoms with E-state index >= 15 is 0 Å². The van der Waals surface area contributed by atoms with Crippen molar-refractivity contribution in [3.05, 3.63) is 90.0 Å². The fourth-order valence-electron chi connectivity index (χ4n) is 3.45. The number of rotatable bonds is 6. The van der Waals surface area contributed by atoms with Crippen LogP contribution in [-0.4, -0.2) is 30.0 Å². The summed E-state index contributed by atoms with van der Waals surface area (Å²) in [7, 11) is 0. The highest BCUT2D eigenvalue weighted by molar-refractivity contribution is 6.02. The van der Waals surface area contributed by atoms with E-state index in [0.29, 0.717) is 22.7 Å². The first kappa shape index (κ1) is 21.1. The molecule has 0 fully saturated rings. The molecule has 1 atom stereocenters. The number of anilines is 2. The molecular weight excluding hydrogens is 408 g/mol. The fourth-order valence-corrected chi connectivity index (χ4v) is 3.45. The maximum Gasteiger partial charge on any atom is 0.339 e.